The van der Waals surface area contributed by atoms with Crippen LogP contribution in [0.25, 0.3) is 17.2 Å². The normalized spacial score (nSPS) is 18.3. The molecule has 1 atom stereocenters. The Kier molecular flexibility index (Phi) is 4.61. The van der Waals surface area contributed by atoms with E-state index in [0.717, 1.165) is 23.8 Å². The molecular weight excluding hydrogens is 392 g/mol. The Balaban J connectivity index is 2.01. The first-order valence-electron chi connectivity index (χ1n) is 9.41. The highest BCUT2D eigenvalue weighted by Gasteiger charge is 2.33. The number of nitrogens with zero attached hydrogens (tertiary/aromatic N) is 2. The van der Waals surface area contributed by atoms with E-state index >= 15 is 0 Å². The summed E-state index contributed by atoms with van der Waals surface area (Å²) in [6.45, 7) is 0.575. The van der Waals surface area contributed by atoms with Gasteiger partial charge in [-0.05, 0) is 43.0 Å². The Morgan fingerprint density at radius 2 is 2.00 bits per heavy atom. The van der Waals surface area contributed by atoms with E-state index in [-0.39, 0.29) is 10.5 Å². The van der Waals surface area contributed by atoms with Gasteiger partial charge in [-0.15, -0.1) is 0 Å². The molecule has 1 aliphatic carbocycles. The highest BCUT2D eigenvalue weighted by Crippen LogP contribution is 2.39. The van der Waals surface area contributed by atoms with Crippen LogP contribution in [0.1, 0.15) is 24.0 Å². The molecule has 1 saturated heterocycles. The van der Waals surface area contributed by atoms with Crippen LogP contribution >= 0.6 is 0 Å². The summed E-state index contributed by atoms with van der Waals surface area (Å²) in [5, 5.41) is 9.63. The van der Waals surface area contributed by atoms with E-state index in [9.17, 15) is 23.1 Å². The Bertz CT molecular complexity index is 1210. The van der Waals surface area contributed by atoms with Crippen LogP contribution in [0.3, 0.4) is 0 Å². The minimum absolute atomic E-state index is 0.0841. The van der Waals surface area contributed by atoms with Crippen molar-refractivity contribution in [2.24, 2.45) is 7.05 Å². The van der Waals surface area contributed by atoms with Crippen LogP contribution in [-0.4, -0.2) is 42.9 Å². The molecule has 0 saturated carbocycles. The second kappa shape index (κ2) is 6.88. The third-order valence-corrected chi connectivity index (χ3v) is 6.77. The number of carboxylic acid groups (broad SMARTS) is 1. The molecule has 0 amide bonds. The number of hydrogen-bond donors (Lipinski definition) is 1. The lowest BCUT2D eigenvalue weighted by atomic mass is 9.97. The van der Waals surface area contributed by atoms with E-state index in [4.69, 9.17) is 0 Å². The first kappa shape index (κ1) is 19.4. The molecule has 1 unspecified atom stereocenters. The molecule has 2 heterocycles. The SMILES string of the molecule is Cn1cc(-c2cc(S(C)(=O)=O)ccc2N2CCCC2C(=O)O)c2c(c1=O)CC=C2. The number of rotatable bonds is 4. The van der Waals surface area contributed by atoms with Gasteiger partial charge in [0.25, 0.3) is 5.56 Å². The third kappa shape index (κ3) is 3.27. The van der Waals surface area contributed by atoms with E-state index < -0.39 is 21.8 Å². The molecule has 7 nitrogen and oxygen atoms in total. The molecule has 8 heteroatoms. The third-order valence-electron chi connectivity index (χ3n) is 5.66. The van der Waals surface area contributed by atoms with E-state index in [1.807, 2.05) is 17.1 Å². The Morgan fingerprint density at radius 1 is 1.24 bits per heavy atom. The van der Waals surface area contributed by atoms with Gasteiger partial charge in [-0.25, -0.2) is 13.2 Å². The summed E-state index contributed by atoms with van der Waals surface area (Å²) >= 11 is 0. The summed E-state index contributed by atoms with van der Waals surface area (Å²) in [5.74, 6) is -0.897. The van der Waals surface area contributed by atoms with E-state index in [0.29, 0.717) is 36.2 Å². The number of carboxylic acids is 1. The average Bonchev–Trinajstić information content (AvgIpc) is 3.33. The zero-order valence-electron chi connectivity index (χ0n) is 16.3. The number of aliphatic carboxylic acids is 1. The maximum atomic E-state index is 12.5. The van der Waals surface area contributed by atoms with Crippen molar-refractivity contribution < 1.29 is 18.3 Å². The molecule has 1 fully saturated rings. The molecule has 152 valence electrons. The molecule has 1 N–H and O–H groups in total. The van der Waals surface area contributed by atoms with E-state index in [1.54, 1.807) is 25.4 Å². The van der Waals surface area contributed by atoms with Gasteiger partial charge in [0.1, 0.15) is 6.04 Å². The van der Waals surface area contributed by atoms with Crippen molar-refractivity contribution >= 4 is 27.6 Å². The van der Waals surface area contributed by atoms with Crippen molar-refractivity contribution in [3.05, 3.63) is 52.0 Å². The van der Waals surface area contributed by atoms with Crippen molar-refractivity contribution in [3.63, 3.8) is 0 Å². The fourth-order valence-corrected chi connectivity index (χ4v) is 4.88. The van der Waals surface area contributed by atoms with Crippen LogP contribution in [0.2, 0.25) is 0 Å². The zero-order chi connectivity index (χ0) is 20.9. The van der Waals surface area contributed by atoms with Gasteiger partial charge >= 0.3 is 5.97 Å². The van der Waals surface area contributed by atoms with Crippen LogP contribution in [0, 0.1) is 0 Å². The highest BCUT2D eigenvalue weighted by molar-refractivity contribution is 7.90. The average molecular weight is 414 g/mol. The first-order valence-corrected chi connectivity index (χ1v) is 11.3. The second-order valence-corrected chi connectivity index (χ2v) is 9.61. The van der Waals surface area contributed by atoms with Gasteiger partial charge in [-0.2, -0.15) is 0 Å². The van der Waals surface area contributed by atoms with Crippen molar-refractivity contribution in [1.29, 1.82) is 0 Å². The summed E-state index contributed by atoms with van der Waals surface area (Å²) < 4.78 is 25.9. The second-order valence-electron chi connectivity index (χ2n) is 7.60. The fraction of sp³-hybridized carbons (Fsp3) is 0.333. The molecule has 1 aromatic heterocycles. The summed E-state index contributed by atoms with van der Waals surface area (Å²) in [6.07, 6.45) is 8.44. The van der Waals surface area contributed by atoms with Gasteiger partial charge in [0.15, 0.2) is 9.84 Å². The predicted molar refractivity (Wildman–Crippen MR) is 111 cm³/mol. The lowest BCUT2D eigenvalue weighted by molar-refractivity contribution is -0.138. The smallest absolute Gasteiger partial charge is 0.326 e. The minimum Gasteiger partial charge on any atom is -0.480 e. The van der Waals surface area contributed by atoms with Gasteiger partial charge in [-0.1, -0.05) is 12.2 Å². The summed E-state index contributed by atoms with van der Waals surface area (Å²) in [5.41, 5.74) is 3.37. The number of sulfone groups is 1. The number of pyridine rings is 1. The Morgan fingerprint density at radius 3 is 2.69 bits per heavy atom. The number of hydrogen-bond acceptors (Lipinski definition) is 5. The van der Waals surface area contributed by atoms with Crippen LogP contribution in [0.15, 0.2) is 40.2 Å². The van der Waals surface area contributed by atoms with Crippen LogP contribution < -0.4 is 10.5 Å². The molecule has 0 radical (unpaired) electrons. The van der Waals surface area contributed by atoms with Crippen LogP contribution in [0.4, 0.5) is 5.69 Å². The molecule has 1 aromatic carbocycles. The number of aromatic nitrogens is 1. The van der Waals surface area contributed by atoms with Gasteiger partial charge in [0.2, 0.25) is 0 Å². The molecule has 0 bridgehead atoms. The molecule has 4 rings (SSSR count). The zero-order valence-corrected chi connectivity index (χ0v) is 17.1. The summed E-state index contributed by atoms with van der Waals surface area (Å²) in [7, 11) is -1.79. The summed E-state index contributed by atoms with van der Waals surface area (Å²) in [6, 6.07) is 4.13. The maximum Gasteiger partial charge on any atom is 0.326 e. The number of benzene rings is 1. The van der Waals surface area contributed by atoms with Crippen molar-refractivity contribution in [2.45, 2.75) is 30.2 Å². The Hall–Kier alpha value is -2.87. The standard InChI is InChI=1S/C21H22N2O5S/c1-22-12-17(14-5-3-6-15(14)20(22)24)16-11-13(29(2,27)28)8-9-18(16)23-10-4-7-19(23)21(25)26/h3,5,8-9,11-12,19H,4,6-7,10H2,1-2H3,(H,25,26). The van der Waals surface area contributed by atoms with Crippen LogP contribution in [-0.2, 0) is 28.1 Å². The van der Waals surface area contributed by atoms with Crippen molar-refractivity contribution in [1.82, 2.24) is 4.57 Å². The van der Waals surface area contributed by atoms with Gasteiger partial charge in [0.05, 0.1) is 4.90 Å². The van der Waals surface area contributed by atoms with Crippen molar-refractivity contribution in [3.8, 4) is 11.1 Å². The number of allylic oxidation sites excluding steroid dienone is 1. The Labute approximate surface area is 168 Å². The summed E-state index contributed by atoms with van der Waals surface area (Å²) in [4.78, 5) is 26.2. The lowest BCUT2D eigenvalue weighted by Crippen LogP contribution is -2.36. The molecule has 0 spiro atoms. The number of fused-ring (bicyclic) bond motifs is 1. The number of anilines is 1. The van der Waals surface area contributed by atoms with Gasteiger partial charge < -0.3 is 14.6 Å². The molecular formula is C21H22N2O5S. The molecule has 2 aliphatic rings. The van der Waals surface area contributed by atoms with Gasteiger partial charge in [-0.3, -0.25) is 4.79 Å². The maximum absolute atomic E-state index is 12.5. The number of carbonyl (C=O) groups is 1. The quantitative estimate of drug-likeness (QED) is 0.823. The molecule has 1 aliphatic heterocycles. The lowest BCUT2D eigenvalue weighted by Gasteiger charge is -2.27. The van der Waals surface area contributed by atoms with Gasteiger partial charge in [0, 0.05) is 48.4 Å². The predicted octanol–water partition coefficient (Wildman–Crippen LogP) is 2.08. The molecule has 29 heavy (non-hydrogen) atoms. The number of aryl methyl sites for hydroxylation is 1. The molecule has 2 aromatic rings. The van der Waals surface area contributed by atoms with Crippen LogP contribution in [0.5, 0.6) is 0 Å². The minimum atomic E-state index is -3.46. The fourth-order valence-electron chi connectivity index (χ4n) is 4.23. The topological polar surface area (TPSA) is 96.7 Å². The monoisotopic (exact) mass is 414 g/mol. The van der Waals surface area contributed by atoms with Crippen molar-refractivity contribution in [2.75, 3.05) is 17.7 Å². The highest BCUT2D eigenvalue weighted by atomic mass is 32.2. The van der Waals surface area contributed by atoms with E-state index in [2.05, 4.69) is 0 Å². The largest absolute Gasteiger partial charge is 0.480 e. The first-order chi connectivity index (χ1) is 13.7. The van der Waals surface area contributed by atoms with E-state index in [1.165, 1.54) is 10.6 Å².